The molecule has 0 radical (unpaired) electrons. The van der Waals surface area contributed by atoms with Crippen LogP contribution in [0.3, 0.4) is 0 Å². The van der Waals surface area contributed by atoms with Gasteiger partial charge in [-0.15, -0.1) is 0 Å². The van der Waals surface area contributed by atoms with Crippen molar-refractivity contribution in [2.45, 2.75) is 13.0 Å². The Hall–Kier alpha value is -0.970. The number of ether oxygens (including phenoxy) is 2. The Balaban J connectivity index is 2.20. The van der Waals surface area contributed by atoms with Gasteiger partial charge in [-0.1, -0.05) is 18.3 Å². The zero-order chi connectivity index (χ0) is 10.4. The van der Waals surface area contributed by atoms with Gasteiger partial charge in [-0.3, -0.25) is 4.79 Å². The van der Waals surface area contributed by atoms with E-state index in [1.807, 2.05) is 0 Å². The van der Waals surface area contributed by atoms with Gasteiger partial charge in [0, 0.05) is 0 Å². The lowest BCUT2D eigenvalue weighted by molar-refractivity contribution is -0.139. The molecule has 0 aromatic carbocycles. The molecule has 1 rings (SSSR count). The smallest absolute Gasteiger partial charge is 0.316 e. The molecular weight excluding hydrogens is 202 g/mol. The molecular formula is C9H13NO3S. The molecule has 14 heavy (non-hydrogen) atoms. The standard InChI is InChI=1S/C9H13NO3S/c1-3-7-5-10-9(13-7)14-6-8(11)12-4-2/h3,7H,1,4-6H2,2H3. The van der Waals surface area contributed by atoms with Crippen molar-refractivity contribution < 1.29 is 14.3 Å². The van der Waals surface area contributed by atoms with Crippen LogP contribution in [-0.4, -0.2) is 36.2 Å². The van der Waals surface area contributed by atoms with Crippen LogP contribution < -0.4 is 0 Å². The van der Waals surface area contributed by atoms with Crippen LogP contribution in [0.15, 0.2) is 17.6 Å². The van der Waals surface area contributed by atoms with Crippen molar-refractivity contribution in [3.05, 3.63) is 12.7 Å². The van der Waals surface area contributed by atoms with Gasteiger partial charge in [0.25, 0.3) is 0 Å². The molecule has 0 aliphatic carbocycles. The third-order valence-electron chi connectivity index (χ3n) is 1.53. The molecule has 78 valence electrons. The predicted molar refractivity (Wildman–Crippen MR) is 56.5 cm³/mol. The highest BCUT2D eigenvalue weighted by Gasteiger charge is 2.18. The predicted octanol–water partition coefficient (Wildman–Crippen LogP) is 1.22. The molecule has 0 amide bonds. The summed E-state index contributed by atoms with van der Waals surface area (Å²) in [4.78, 5) is 15.1. The first kappa shape index (κ1) is 11.1. The van der Waals surface area contributed by atoms with E-state index >= 15 is 0 Å². The maximum atomic E-state index is 11.0. The summed E-state index contributed by atoms with van der Waals surface area (Å²) >= 11 is 1.26. The largest absolute Gasteiger partial charge is 0.465 e. The summed E-state index contributed by atoms with van der Waals surface area (Å²) in [5.41, 5.74) is 0. The maximum Gasteiger partial charge on any atom is 0.316 e. The molecule has 1 atom stereocenters. The third kappa shape index (κ3) is 3.41. The number of hydrogen-bond donors (Lipinski definition) is 0. The number of carbonyl (C=O) groups excluding carboxylic acids is 1. The minimum absolute atomic E-state index is 0.0419. The Labute approximate surface area is 87.4 Å². The van der Waals surface area contributed by atoms with Crippen LogP contribution in [0.1, 0.15) is 6.92 Å². The van der Waals surface area contributed by atoms with Gasteiger partial charge in [0.15, 0.2) is 0 Å². The molecule has 4 nitrogen and oxygen atoms in total. The lowest BCUT2D eigenvalue weighted by Crippen LogP contribution is -2.11. The summed E-state index contributed by atoms with van der Waals surface area (Å²) in [5.74, 6) is 0.00198. The van der Waals surface area contributed by atoms with E-state index in [9.17, 15) is 4.79 Å². The van der Waals surface area contributed by atoms with E-state index in [-0.39, 0.29) is 17.8 Å². The highest BCUT2D eigenvalue weighted by atomic mass is 32.2. The van der Waals surface area contributed by atoms with Gasteiger partial charge in [0.05, 0.1) is 13.2 Å². The van der Waals surface area contributed by atoms with Crippen LogP contribution in [0, 0.1) is 0 Å². The van der Waals surface area contributed by atoms with E-state index in [1.165, 1.54) is 11.8 Å². The fraction of sp³-hybridized carbons (Fsp3) is 0.556. The zero-order valence-electron chi connectivity index (χ0n) is 8.06. The minimum atomic E-state index is -0.245. The number of nitrogens with zero attached hydrogens (tertiary/aromatic N) is 1. The molecule has 0 aromatic heterocycles. The summed E-state index contributed by atoms with van der Waals surface area (Å²) in [7, 11) is 0. The van der Waals surface area contributed by atoms with Crippen molar-refractivity contribution in [1.82, 2.24) is 0 Å². The number of hydrogen-bond acceptors (Lipinski definition) is 5. The SMILES string of the molecule is C=CC1CN=C(SCC(=O)OCC)O1. The van der Waals surface area contributed by atoms with Gasteiger partial charge in [-0.2, -0.15) is 0 Å². The molecule has 1 heterocycles. The van der Waals surface area contributed by atoms with E-state index in [2.05, 4.69) is 11.6 Å². The van der Waals surface area contributed by atoms with Gasteiger partial charge in [0.2, 0.25) is 5.23 Å². The van der Waals surface area contributed by atoms with Crippen LogP contribution in [0.2, 0.25) is 0 Å². The first-order valence-corrected chi connectivity index (χ1v) is 5.37. The molecule has 0 spiro atoms. The fourth-order valence-corrected chi connectivity index (χ4v) is 1.58. The van der Waals surface area contributed by atoms with Crippen molar-refractivity contribution in [3.63, 3.8) is 0 Å². The second kappa shape index (κ2) is 5.70. The number of aliphatic imine (C=N–C) groups is 1. The van der Waals surface area contributed by atoms with Gasteiger partial charge < -0.3 is 9.47 Å². The molecule has 1 aliphatic heterocycles. The van der Waals surface area contributed by atoms with Gasteiger partial charge in [0.1, 0.15) is 11.9 Å². The van der Waals surface area contributed by atoms with E-state index in [4.69, 9.17) is 9.47 Å². The minimum Gasteiger partial charge on any atom is -0.465 e. The molecule has 0 saturated carbocycles. The van der Waals surface area contributed by atoms with Gasteiger partial charge in [-0.25, -0.2) is 4.99 Å². The average molecular weight is 215 g/mol. The quantitative estimate of drug-likeness (QED) is 0.522. The Kier molecular flexibility index (Phi) is 4.52. The van der Waals surface area contributed by atoms with E-state index in [0.717, 1.165) is 0 Å². The van der Waals surface area contributed by atoms with Gasteiger partial charge >= 0.3 is 5.97 Å². The summed E-state index contributed by atoms with van der Waals surface area (Å²) < 4.78 is 10.1. The topological polar surface area (TPSA) is 47.9 Å². The second-order valence-corrected chi connectivity index (χ2v) is 3.52. The normalized spacial score (nSPS) is 19.8. The Morgan fingerprint density at radius 1 is 1.93 bits per heavy atom. The van der Waals surface area contributed by atoms with Crippen molar-refractivity contribution in [2.75, 3.05) is 18.9 Å². The molecule has 0 bridgehead atoms. The van der Waals surface area contributed by atoms with Crippen molar-refractivity contribution in [1.29, 1.82) is 0 Å². The van der Waals surface area contributed by atoms with Crippen LogP contribution >= 0.6 is 11.8 Å². The van der Waals surface area contributed by atoms with Crippen LogP contribution in [0.5, 0.6) is 0 Å². The van der Waals surface area contributed by atoms with Crippen molar-refractivity contribution in [2.24, 2.45) is 4.99 Å². The maximum absolute atomic E-state index is 11.0. The molecule has 1 unspecified atom stereocenters. The summed E-state index contributed by atoms with van der Waals surface area (Å²) in [6, 6.07) is 0. The van der Waals surface area contributed by atoms with Crippen LogP contribution in [0.4, 0.5) is 0 Å². The van der Waals surface area contributed by atoms with E-state index in [1.54, 1.807) is 13.0 Å². The highest BCUT2D eigenvalue weighted by Crippen LogP contribution is 2.15. The molecule has 1 aliphatic rings. The van der Waals surface area contributed by atoms with E-state index in [0.29, 0.717) is 18.4 Å². The molecule has 0 fully saturated rings. The number of carbonyl (C=O) groups is 1. The summed E-state index contributed by atoms with van der Waals surface area (Å²) in [6.45, 7) is 6.38. The monoisotopic (exact) mass is 215 g/mol. The Morgan fingerprint density at radius 3 is 3.29 bits per heavy atom. The van der Waals surface area contributed by atoms with Crippen molar-refractivity contribution >= 4 is 23.0 Å². The average Bonchev–Trinajstić information content (AvgIpc) is 2.63. The number of rotatable bonds is 4. The lowest BCUT2D eigenvalue weighted by atomic mass is 10.4. The number of esters is 1. The fourth-order valence-electron chi connectivity index (χ4n) is 0.894. The summed E-state index contributed by atoms with van der Waals surface area (Å²) in [6.07, 6.45) is 1.65. The highest BCUT2D eigenvalue weighted by molar-refractivity contribution is 8.14. The summed E-state index contributed by atoms with van der Waals surface area (Å²) in [5, 5.41) is 0.544. The van der Waals surface area contributed by atoms with Crippen molar-refractivity contribution in [3.8, 4) is 0 Å². The Morgan fingerprint density at radius 2 is 2.71 bits per heavy atom. The first-order chi connectivity index (χ1) is 6.76. The third-order valence-corrected chi connectivity index (χ3v) is 2.39. The molecule has 5 heteroatoms. The van der Waals surface area contributed by atoms with Crippen LogP contribution in [-0.2, 0) is 14.3 Å². The van der Waals surface area contributed by atoms with E-state index < -0.39 is 0 Å². The van der Waals surface area contributed by atoms with Crippen LogP contribution in [0.25, 0.3) is 0 Å². The van der Waals surface area contributed by atoms with Gasteiger partial charge in [-0.05, 0) is 13.0 Å². The Bertz CT molecular complexity index is 252. The second-order valence-electron chi connectivity index (χ2n) is 2.59. The molecule has 0 N–H and O–H groups in total. The molecule has 0 aromatic rings. The zero-order valence-corrected chi connectivity index (χ0v) is 8.88. The lowest BCUT2D eigenvalue weighted by Gasteiger charge is -2.05. The number of thioether (sulfide) groups is 1. The molecule has 0 saturated heterocycles. The first-order valence-electron chi connectivity index (χ1n) is 4.38.